The summed E-state index contributed by atoms with van der Waals surface area (Å²) in [5.74, 6) is -0.381. The van der Waals surface area contributed by atoms with Gasteiger partial charge in [0.25, 0.3) is 21.8 Å². The molecule has 4 rings (SSSR count). The molecule has 0 bridgehead atoms. The molecule has 2 N–H and O–H groups in total. The van der Waals surface area contributed by atoms with Crippen LogP contribution < -0.4 is 29.3 Å². The third kappa shape index (κ3) is 7.94. The van der Waals surface area contributed by atoms with E-state index in [4.69, 9.17) is 14.2 Å². The SMILES string of the molecule is CC(C)NC(=O)COc1ccc(/C=N\NC(=O)CN(c2ccc(F)cc2)S(=O)(=O)c2ccc3c(c2)OCCO3)cc1. The number of nitrogens with zero attached hydrogens (tertiary/aromatic N) is 2. The highest BCUT2D eigenvalue weighted by atomic mass is 32.2. The van der Waals surface area contributed by atoms with E-state index in [0.717, 1.165) is 16.4 Å². The molecule has 0 radical (unpaired) electrons. The maximum atomic E-state index is 13.6. The molecule has 3 aromatic rings. The minimum atomic E-state index is -4.28. The Bertz CT molecular complexity index is 1510. The number of halogens is 1. The number of nitrogens with one attached hydrogen (secondary N) is 2. The molecule has 0 aliphatic carbocycles. The Morgan fingerprint density at radius 1 is 1.00 bits per heavy atom. The lowest BCUT2D eigenvalue weighted by atomic mass is 10.2. The van der Waals surface area contributed by atoms with Gasteiger partial charge in [0.15, 0.2) is 18.1 Å². The molecule has 1 heterocycles. The Morgan fingerprint density at radius 2 is 1.68 bits per heavy atom. The van der Waals surface area contributed by atoms with Crippen LogP contribution in [0.25, 0.3) is 0 Å². The molecule has 0 aromatic heterocycles. The predicted molar refractivity (Wildman–Crippen MR) is 149 cm³/mol. The number of ether oxygens (including phenoxy) is 3. The maximum Gasteiger partial charge on any atom is 0.264 e. The normalized spacial score (nSPS) is 12.7. The van der Waals surface area contributed by atoms with E-state index in [-0.39, 0.29) is 41.5 Å². The quantitative estimate of drug-likeness (QED) is 0.261. The van der Waals surface area contributed by atoms with Gasteiger partial charge in [-0.05, 0) is 80.1 Å². The fourth-order valence-electron chi connectivity index (χ4n) is 3.74. The van der Waals surface area contributed by atoms with Crippen LogP contribution >= 0.6 is 0 Å². The Balaban J connectivity index is 1.43. The van der Waals surface area contributed by atoms with E-state index in [1.807, 2.05) is 13.8 Å². The van der Waals surface area contributed by atoms with E-state index in [2.05, 4.69) is 15.8 Å². The topological polar surface area (TPSA) is 136 Å². The number of rotatable bonds is 11. The molecule has 0 saturated heterocycles. The Kier molecular flexibility index (Phi) is 9.40. The Labute approximate surface area is 237 Å². The van der Waals surface area contributed by atoms with Gasteiger partial charge < -0.3 is 19.5 Å². The number of hydrogen-bond acceptors (Lipinski definition) is 8. The number of fused-ring (bicyclic) bond motifs is 1. The van der Waals surface area contributed by atoms with Gasteiger partial charge in [-0.3, -0.25) is 13.9 Å². The second-order valence-electron chi connectivity index (χ2n) is 9.17. The first kappa shape index (κ1) is 29.3. The van der Waals surface area contributed by atoms with Crippen LogP contribution in [0.2, 0.25) is 0 Å². The number of hydrogen-bond donors (Lipinski definition) is 2. The van der Waals surface area contributed by atoms with Gasteiger partial charge in [0, 0.05) is 12.1 Å². The summed E-state index contributed by atoms with van der Waals surface area (Å²) in [7, 11) is -4.28. The van der Waals surface area contributed by atoms with Crippen molar-refractivity contribution in [2.24, 2.45) is 5.10 Å². The zero-order valence-electron chi connectivity index (χ0n) is 22.4. The Morgan fingerprint density at radius 3 is 2.37 bits per heavy atom. The summed E-state index contributed by atoms with van der Waals surface area (Å²) in [6.07, 6.45) is 1.37. The highest BCUT2D eigenvalue weighted by Gasteiger charge is 2.29. The van der Waals surface area contributed by atoms with E-state index in [1.54, 1.807) is 24.3 Å². The summed E-state index contributed by atoms with van der Waals surface area (Å²) in [6.45, 7) is 3.56. The van der Waals surface area contributed by atoms with Crippen molar-refractivity contribution >= 4 is 33.7 Å². The summed E-state index contributed by atoms with van der Waals surface area (Å²) in [5, 5.41) is 6.63. The minimum Gasteiger partial charge on any atom is -0.486 e. The number of benzene rings is 3. The second kappa shape index (κ2) is 13.1. The molecule has 0 saturated carbocycles. The number of hydrazone groups is 1. The van der Waals surface area contributed by atoms with E-state index >= 15 is 0 Å². The zero-order chi connectivity index (χ0) is 29.4. The van der Waals surface area contributed by atoms with E-state index < -0.39 is 28.3 Å². The molecule has 0 spiro atoms. The average Bonchev–Trinajstić information content (AvgIpc) is 2.95. The molecule has 0 fully saturated rings. The van der Waals surface area contributed by atoms with Gasteiger partial charge in [-0.2, -0.15) is 5.10 Å². The Hall–Kier alpha value is -4.65. The van der Waals surface area contributed by atoms with Gasteiger partial charge in [0.2, 0.25) is 0 Å². The van der Waals surface area contributed by atoms with Crippen molar-refractivity contribution in [3.63, 3.8) is 0 Å². The molecular formula is C28H29FN4O7S. The van der Waals surface area contributed by atoms with Crippen molar-refractivity contribution in [3.8, 4) is 17.2 Å². The first-order valence-corrected chi connectivity index (χ1v) is 14.1. The summed E-state index contributed by atoms with van der Waals surface area (Å²) in [6, 6.07) is 15.5. The lowest BCUT2D eigenvalue weighted by molar-refractivity contribution is -0.123. The van der Waals surface area contributed by atoms with Gasteiger partial charge in [0.1, 0.15) is 31.3 Å². The van der Waals surface area contributed by atoms with Gasteiger partial charge in [-0.15, -0.1) is 0 Å². The van der Waals surface area contributed by atoms with Gasteiger partial charge >= 0.3 is 0 Å². The average molecular weight is 585 g/mol. The van der Waals surface area contributed by atoms with Crippen LogP contribution in [0.5, 0.6) is 17.2 Å². The number of carbonyl (C=O) groups excluding carboxylic acids is 2. The van der Waals surface area contributed by atoms with Crippen molar-refractivity contribution in [2.75, 3.05) is 30.7 Å². The monoisotopic (exact) mass is 584 g/mol. The molecule has 1 aliphatic rings. The summed E-state index contributed by atoms with van der Waals surface area (Å²) in [4.78, 5) is 24.3. The van der Waals surface area contributed by atoms with E-state index in [1.165, 1.54) is 36.5 Å². The van der Waals surface area contributed by atoms with Crippen LogP contribution in [0.15, 0.2) is 76.7 Å². The highest BCUT2D eigenvalue weighted by molar-refractivity contribution is 7.92. The molecule has 3 aromatic carbocycles. The molecule has 0 atom stereocenters. The molecular weight excluding hydrogens is 555 g/mol. The fourth-order valence-corrected chi connectivity index (χ4v) is 5.18. The van der Waals surface area contributed by atoms with Gasteiger partial charge in [0.05, 0.1) is 16.8 Å². The van der Waals surface area contributed by atoms with Crippen molar-refractivity contribution in [1.29, 1.82) is 0 Å². The van der Waals surface area contributed by atoms with Gasteiger partial charge in [-0.25, -0.2) is 18.2 Å². The third-order valence-corrected chi connectivity index (χ3v) is 7.38. The molecule has 11 nitrogen and oxygen atoms in total. The molecule has 0 unspecified atom stereocenters. The summed E-state index contributed by atoms with van der Waals surface area (Å²) >= 11 is 0. The third-order valence-electron chi connectivity index (χ3n) is 5.61. The first-order valence-electron chi connectivity index (χ1n) is 12.6. The molecule has 41 heavy (non-hydrogen) atoms. The number of amides is 2. The van der Waals surface area contributed by atoms with Crippen LogP contribution in [0.3, 0.4) is 0 Å². The minimum absolute atomic E-state index is 0.0103. The van der Waals surface area contributed by atoms with E-state index in [0.29, 0.717) is 23.7 Å². The maximum absolute atomic E-state index is 13.6. The van der Waals surface area contributed by atoms with Crippen LogP contribution in [-0.2, 0) is 19.6 Å². The van der Waals surface area contributed by atoms with E-state index in [9.17, 15) is 22.4 Å². The first-order chi connectivity index (χ1) is 19.6. The molecule has 1 aliphatic heterocycles. The van der Waals surface area contributed by atoms with Crippen LogP contribution in [0.4, 0.5) is 10.1 Å². The van der Waals surface area contributed by atoms with Gasteiger partial charge in [-0.1, -0.05) is 0 Å². The van der Waals surface area contributed by atoms with Crippen molar-refractivity contribution in [2.45, 2.75) is 24.8 Å². The molecule has 216 valence electrons. The van der Waals surface area contributed by atoms with Crippen molar-refractivity contribution < 1.29 is 36.6 Å². The van der Waals surface area contributed by atoms with Crippen molar-refractivity contribution in [3.05, 3.63) is 78.1 Å². The molecule has 2 amide bonds. The summed E-state index contributed by atoms with van der Waals surface area (Å²) in [5.41, 5.74) is 3.01. The van der Waals surface area contributed by atoms with Crippen LogP contribution in [0.1, 0.15) is 19.4 Å². The predicted octanol–water partition coefficient (Wildman–Crippen LogP) is 2.85. The van der Waals surface area contributed by atoms with Crippen molar-refractivity contribution in [1.82, 2.24) is 10.7 Å². The number of anilines is 1. The standard InChI is InChI=1S/C28H29FN4O7S/c1-19(2)31-28(35)18-40-23-9-3-20(4-10-23)16-30-32-27(34)17-33(22-7-5-21(29)6-8-22)41(36,37)24-11-12-25-26(15-24)39-14-13-38-25/h3-12,15-16,19H,13-14,17-18H2,1-2H3,(H,31,35)(H,32,34)/b30-16-. The van der Waals surface area contributed by atoms with Crippen LogP contribution in [-0.4, -0.2) is 58.9 Å². The lowest BCUT2D eigenvalue weighted by Gasteiger charge is -2.25. The zero-order valence-corrected chi connectivity index (χ0v) is 23.2. The second-order valence-corrected chi connectivity index (χ2v) is 11.0. The highest BCUT2D eigenvalue weighted by Crippen LogP contribution is 2.34. The summed E-state index contributed by atoms with van der Waals surface area (Å²) < 4.78 is 58.0. The number of sulfonamides is 1. The molecule has 13 heteroatoms. The smallest absolute Gasteiger partial charge is 0.264 e. The fraction of sp³-hybridized carbons (Fsp3) is 0.250. The lowest BCUT2D eigenvalue weighted by Crippen LogP contribution is -2.39. The largest absolute Gasteiger partial charge is 0.486 e. The number of carbonyl (C=O) groups is 2. The van der Waals surface area contributed by atoms with Crippen LogP contribution in [0, 0.1) is 5.82 Å².